The van der Waals surface area contributed by atoms with E-state index in [-0.39, 0.29) is 23.8 Å². The molecule has 0 bridgehead atoms. The second-order valence-electron chi connectivity index (χ2n) is 5.69. The molecular weight excluding hydrogens is 323 g/mol. The minimum Gasteiger partial charge on any atom is -0.375 e. The zero-order valence-electron chi connectivity index (χ0n) is 13.2. The van der Waals surface area contributed by atoms with Gasteiger partial charge in [-0.25, -0.2) is 0 Å². The highest BCUT2D eigenvalue weighted by atomic mass is 19.4. The number of likely N-dealkylation sites (tertiary alicyclic amines) is 1. The Kier molecular flexibility index (Phi) is 6.05. The summed E-state index contributed by atoms with van der Waals surface area (Å²) in [5.41, 5.74) is 0.444. The molecule has 1 fully saturated rings. The highest BCUT2D eigenvalue weighted by Gasteiger charge is 2.27. The summed E-state index contributed by atoms with van der Waals surface area (Å²) >= 11 is 0. The number of amides is 2. The van der Waals surface area contributed by atoms with Crippen LogP contribution in [0.2, 0.25) is 0 Å². The van der Waals surface area contributed by atoms with Crippen LogP contribution in [0, 0.1) is 0 Å². The third-order valence-electron chi connectivity index (χ3n) is 3.69. The summed E-state index contributed by atoms with van der Waals surface area (Å²) in [5, 5.41) is 4.83. The van der Waals surface area contributed by atoms with Crippen LogP contribution in [0.25, 0.3) is 0 Å². The summed E-state index contributed by atoms with van der Waals surface area (Å²) in [6.45, 7) is -0.753. The van der Waals surface area contributed by atoms with Crippen LogP contribution in [0.5, 0.6) is 0 Å². The van der Waals surface area contributed by atoms with E-state index in [9.17, 15) is 22.8 Å². The molecule has 2 N–H and O–H groups in total. The van der Waals surface area contributed by atoms with Crippen LogP contribution in [0.1, 0.15) is 25.7 Å². The maximum absolute atomic E-state index is 12.3. The molecule has 1 aromatic rings. The lowest BCUT2D eigenvalue weighted by Crippen LogP contribution is -2.37. The van der Waals surface area contributed by atoms with E-state index >= 15 is 0 Å². The van der Waals surface area contributed by atoms with Crippen LogP contribution in [0.15, 0.2) is 24.3 Å². The van der Waals surface area contributed by atoms with Gasteiger partial charge in [0.1, 0.15) is 6.54 Å². The Labute approximate surface area is 138 Å². The van der Waals surface area contributed by atoms with Crippen molar-refractivity contribution in [3.63, 3.8) is 0 Å². The number of nitrogens with zero attached hydrogens (tertiary/aromatic N) is 1. The summed E-state index contributed by atoms with van der Waals surface area (Å²) in [6.07, 6.45) is -1.30. The molecule has 2 amide bonds. The molecule has 132 valence electrons. The third-order valence-corrected chi connectivity index (χ3v) is 3.69. The summed E-state index contributed by atoms with van der Waals surface area (Å²) < 4.78 is 37.0. The van der Waals surface area contributed by atoms with Gasteiger partial charge in [0.25, 0.3) is 0 Å². The van der Waals surface area contributed by atoms with Gasteiger partial charge in [-0.05, 0) is 25.0 Å². The minimum atomic E-state index is -4.35. The number of anilines is 2. The Morgan fingerprint density at radius 1 is 1.12 bits per heavy atom. The Balaban J connectivity index is 1.97. The molecule has 2 rings (SSSR count). The SMILES string of the molecule is O=C(CN1CCCCCC1=O)Nc1ccccc1NCC(F)(F)F. The van der Waals surface area contributed by atoms with Gasteiger partial charge >= 0.3 is 6.18 Å². The smallest absolute Gasteiger partial charge is 0.375 e. The minimum absolute atomic E-state index is 0.0638. The van der Waals surface area contributed by atoms with Gasteiger partial charge in [-0.3, -0.25) is 9.59 Å². The highest BCUT2D eigenvalue weighted by Crippen LogP contribution is 2.23. The average Bonchev–Trinajstić information content (AvgIpc) is 2.70. The number of carbonyl (C=O) groups excluding carboxylic acids is 2. The first kappa shape index (κ1) is 18.1. The largest absolute Gasteiger partial charge is 0.405 e. The van der Waals surface area contributed by atoms with Crippen molar-refractivity contribution in [2.45, 2.75) is 31.9 Å². The zero-order valence-corrected chi connectivity index (χ0v) is 13.2. The lowest BCUT2D eigenvalue weighted by Gasteiger charge is -2.20. The number of alkyl halides is 3. The molecule has 1 aliphatic rings. The Morgan fingerprint density at radius 3 is 2.54 bits per heavy atom. The second-order valence-corrected chi connectivity index (χ2v) is 5.69. The number of benzene rings is 1. The first-order valence-corrected chi connectivity index (χ1v) is 7.82. The molecule has 0 atom stereocenters. The first-order valence-electron chi connectivity index (χ1n) is 7.82. The topological polar surface area (TPSA) is 61.4 Å². The molecule has 1 heterocycles. The zero-order chi connectivity index (χ0) is 17.6. The van der Waals surface area contributed by atoms with Gasteiger partial charge in [-0.1, -0.05) is 18.6 Å². The fraction of sp³-hybridized carbons (Fsp3) is 0.500. The predicted molar refractivity (Wildman–Crippen MR) is 84.7 cm³/mol. The fourth-order valence-corrected chi connectivity index (χ4v) is 2.51. The van der Waals surface area contributed by atoms with Gasteiger partial charge in [0, 0.05) is 13.0 Å². The molecule has 0 saturated carbocycles. The molecule has 24 heavy (non-hydrogen) atoms. The Morgan fingerprint density at radius 2 is 1.83 bits per heavy atom. The summed E-state index contributed by atoms with van der Waals surface area (Å²) in [5.74, 6) is -0.488. The van der Waals surface area contributed by atoms with Crippen molar-refractivity contribution in [1.29, 1.82) is 0 Å². The van der Waals surface area contributed by atoms with E-state index in [1.807, 2.05) is 0 Å². The van der Waals surface area contributed by atoms with Crippen LogP contribution in [0.3, 0.4) is 0 Å². The number of halogens is 3. The summed E-state index contributed by atoms with van der Waals surface area (Å²) in [4.78, 5) is 25.5. The van der Waals surface area contributed by atoms with Crippen LogP contribution in [-0.2, 0) is 9.59 Å². The van der Waals surface area contributed by atoms with Gasteiger partial charge < -0.3 is 15.5 Å². The fourth-order valence-electron chi connectivity index (χ4n) is 2.51. The number of rotatable bonds is 5. The van der Waals surface area contributed by atoms with Gasteiger partial charge in [0.05, 0.1) is 17.9 Å². The summed E-state index contributed by atoms with van der Waals surface area (Å²) in [7, 11) is 0. The van der Waals surface area contributed by atoms with Crippen molar-refractivity contribution in [3.05, 3.63) is 24.3 Å². The van der Waals surface area contributed by atoms with E-state index in [0.29, 0.717) is 13.0 Å². The normalized spacial score (nSPS) is 15.8. The molecule has 0 aliphatic carbocycles. The summed E-state index contributed by atoms with van der Waals surface area (Å²) in [6, 6.07) is 6.16. The first-order chi connectivity index (χ1) is 11.3. The van der Waals surface area contributed by atoms with Gasteiger partial charge in [-0.15, -0.1) is 0 Å². The lowest BCUT2D eigenvalue weighted by molar-refractivity contribution is -0.134. The molecule has 8 heteroatoms. The van der Waals surface area contributed by atoms with E-state index in [4.69, 9.17) is 0 Å². The van der Waals surface area contributed by atoms with E-state index in [0.717, 1.165) is 19.3 Å². The van der Waals surface area contributed by atoms with Crippen molar-refractivity contribution < 1.29 is 22.8 Å². The molecule has 0 radical (unpaired) electrons. The Hall–Kier alpha value is -2.25. The van der Waals surface area contributed by atoms with Crippen LogP contribution >= 0.6 is 0 Å². The maximum atomic E-state index is 12.3. The number of hydrogen-bond donors (Lipinski definition) is 2. The van der Waals surface area contributed by atoms with Gasteiger partial charge in [0.2, 0.25) is 11.8 Å². The predicted octanol–water partition coefficient (Wildman–Crippen LogP) is 3.00. The van der Waals surface area contributed by atoms with Crippen molar-refractivity contribution in [3.8, 4) is 0 Å². The second kappa shape index (κ2) is 8.03. The molecule has 0 spiro atoms. The van der Waals surface area contributed by atoms with Gasteiger partial charge in [0.15, 0.2) is 0 Å². The average molecular weight is 343 g/mol. The van der Waals surface area contributed by atoms with E-state index in [1.165, 1.54) is 17.0 Å². The molecule has 0 aromatic heterocycles. The van der Waals surface area contributed by atoms with Crippen LogP contribution < -0.4 is 10.6 Å². The Bertz CT molecular complexity index is 590. The molecule has 5 nitrogen and oxygen atoms in total. The lowest BCUT2D eigenvalue weighted by atomic mass is 10.2. The molecule has 1 aliphatic heterocycles. The maximum Gasteiger partial charge on any atom is 0.405 e. The van der Waals surface area contributed by atoms with Crippen molar-refractivity contribution in [2.75, 3.05) is 30.3 Å². The van der Waals surface area contributed by atoms with Crippen molar-refractivity contribution >= 4 is 23.2 Å². The van der Waals surface area contributed by atoms with Crippen molar-refractivity contribution in [1.82, 2.24) is 4.90 Å². The number of nitrogens with one attached hydrogen (secondary N) is 2. The van der Waals surface area contributed by atoms with Crippen molar-refractivity contribution in [2.24, 2.45) is 0 Å². The van der Waals surface area contributed by atoms with Gasteiger partial charge in [-0.2, -0.15) is 13.2 Å². The number of para-hydroxylation sites is 2. The van der Waals surface area contributed by atoms with E-state index < -0.39 is 18.6 Å². The van der Waals surface area contributed by atoms with Crippen LogP contribution in [-0.4, -0.2) is 42.5 Å². The van der Waals surface area contributed by atoms with E-state index in [1.54, 1.807) is 12.1 Å². The molecule has 1 saturated heterocycles. The molecule has 0 unspecified atom stereocenters. The number of carbonyl (C=O) groups is 2. The van der Waals surface area contributed by atoms with E-state index in [2.05, 4.69) is 10.6 Å². The third kappa shape index (κ3) is 5.75. The van der Waals surface area contributed by atoms with Crippen LogP contribution in [0.4, 0.5) is 24.5 Å². The quantitative estimate of drug-likeness (QED) is 0.864. The molecule has 1 aromatic carbocycles. The highest BCUT2D eigenvalue weighted by molar-refractivity contribution is 5.97. The standard InChI is InChI=1S/C16H20F3N3O2/c17-16(18,19)11-20-12-6-3-4-7-13(12)21-14(23)10-22-9-5-1-2-8-15(22)24/h3-4,6-7,20H,1-2,5,8-11H2,(H,21,23). The molecular formula is C16H20F3N3O2. The monoisotopic (exact) mass is 343 g/mol. The number of hydrogen-bond acceptors (Lipinski definition) is 3.